The van der Waals surface area contributed by atoms with Gasteiger partial charge in [0.2, 0.25) is 10.0 Å². The molecule has 122 valence electrons. The molecule has 0 radical (unpaired) electrons. The Morgan fingerprint density at radius 2 is 2.05 bits per heavy atom. The average Bonchev–Trinajstić information content (AvgIpc) is 2.98. The van der Waals surface area contributed by atoms with Crippen molar-refractivity contribution < 1.29 is 17.9 Å². The molecule has 0 bridgehead atoms. The van der Waals surface area contributed by atoms with Gasteiger partial charge in [-0.05, 0) is 44.0 Å². The van der Waals surface area contributed by atoms with E-state index in [0.717, 1.165) is 19.4 Å². The van der Waals surface area contributed by atoms with Crippen LogP contribution in [0.5, 0.6) is 0 Å². The lowest BCUT2D eigenvalue weighted by molar-refractivity contribution is 0.0858. The molecule has 1 aliphatic heterocycles. The third-order valence-electron chi connectivity index (χ3n) is 3.62. The maximum Gasteiger partial charge on any atom is 0.251 e. The van der Waals surface area contributed by atoms with Crippen LogP contribution in [0.4, 0.5) is 5.69 Å². The van der Waals surface area contributed by atoms with E-state index >= 15 is 0 Å². The third-order valence-corrected chi connectivity index (χ3v) is 4.89. The Bertz CT molecular complexity index is 607. The molecule has 0 aromatic heterocycles. The summed E-state index contributed by atoms with van der Waals surface area (Å²) in [5, 5.41) is 2.84. The minimum atomic E-state index is -3.31. The predicted molar refractivity (Wildman–Crippen MR) is 85.6 cm³/mol. The topological polar surface area (TPSA) is 75.7 Å². The number of rotatable bonds is 6. The maximum absolute atomic E-state index is 12.1. The smallest absolute Gasteiger partial charge is 0.251 e. The van der Waals surface area contributed by atoms with Crippen LogP contribution in [0.25, 0.3) is 0 Å². The van der Waals surface area contributed by atoms with Crippen molar-refractivity contribution in [1.82, 2.24) is 5.32 Å². The lowest BCUT2D eigenvalue weighted by Crippen LogP contribution is -2.32. The first kappa shape index (κ1) is 16.8. The molecule has 1 atom stereocenters. The number of hydrogen-bond acceptors (Lipinski definition) is 4. The van der Waals surface area contributed by atoms with Gasteiger partial charge in [-0.1, -0.05) is 0 Å². The predicted octanol–water partition coefficient (Wildman–Crippen LogP) is 1.38. The highest BCUT2D eigenvalue weighted by Gasteiger charge is 2.18. The Hall–Kier alpha value is -1.60. The van der Waals surface area contributed by atoms with Crippen molar-refractivity contribution in [1.29, 1.82) is 0 Å². The number of hydrogen-bond donors (Lipinski definition) is 1. The van der Waals surface area contributed by atoms with E-state index in [0.29, 0.717) is 24.3 Å². The van der Waals surface area contributed by atoms with Crippen LogP contribution in [0.2, 0.25) is 0 Å². The van der Waals surface area contributed by atoms with E-state index in [9.17, 15) is 13.2 Å². The normalized spacial score (nSPS) is 18.2. The summed E-state index contributed by atoms with van der Waals surface area (Å²) < 4.78 is 30.1. The maximum atomic E-state index is 12.1. The summed E-state index contributed by atoms with van der Waals surface area (Å²) in [7, 11) is -3.31. The summed E-state index contributed by atoms with van der Waals surface area (Å²) in [5.74, 6) is -0.176. The fourth-order valence-electron chi connectivity index (χ4n) is 2.50. The molecule has 1 amide bonds. The number of carbonyl (C=O) groups is 1. The highest BCUT2D eigenvalue weighted by Crippen LogP contribution is 2.18. The fraction of sp³-hybridized carbons (Fsp3) is 0.533. The van der Waals surface area contributed by atoms with Gasteiger partial charge in [0.25, 0.3) is 5.91 Å². The number of amides is 1. The molecule has 0 aliphatic carbocycles. The van der Waals surface area contributed by atoms with Gasteiger partial charge in [-0.3, -0.25) is 9.10 Å². The van der Waals surface area contributed by atoms with Crippen molar-refractivity contribution >= 4 is 21.6 Å². The van der Waals surface area contributed by atoms with E-state index in [-0.39, 0.29) is 12.0 Å². The van der Waals surface area contributed by atoms with Crippen LogP contribution in [0.15, 0.2) is 24.3 Å². The van der Waals surface area contributed by atoms with Crippen LogP contribution >= 0.6 is 0 Å². The Balaban J connectivity index is 1.99. The van der Waals surface area contributed by atoms with Gasteiger partial charge in [-0.2, -0.15) is 0 Å². The monoisotopic (exact) mass is 326 g/mol. The van der Waals surface area contributed by atoms with Gasteiger partial charge in [0.1, 0.15) is 0 Å². The van der Waals surface area contributed by atoms with E-state index in [4.69, 9.17) is 4.74 Å². The summed E-state index contributed by atoms with van der Waals surface area (Å²) in [6.45, 7) is 3.38. The van der Waals surface area contributed by atoms with Crippen LogP contribution in [0.3, 0.4) is 0 Å². The van der Waals surface area contributed by atoms with Crippen molar-refractivity contribution in [2.45, 2.75) is 25.9 Å². The quantitative estimate of drug-likeness (QED) is 0.857. The summed E-state index contributed by atoms with van der Waals surface area (Å²) in [6, 6.07) is 6.55. The molecule has 1 fully saturated rings. The fourth-order valence-corrected chi connectivity index (χ4v) is 3.48. The molecule has 1 aromatic carbocycles. The Morgan fingerprint density at radius 3 is 2.55 bits per heavy atom. The molecular weight excluding hydrogens is 304 g/mol. The largest absolute Gasteiger partial charge is 0.376 e. The number of nitrogens with one attached hydrogen (secondary N) is 1. The second-order valence-electron chi connectivity index (χ2n) is 5.32. The highest BCUT2D eigenvalue weighted by molar-refractivity contribution is 7.92. The summed E-state index contributed by atoms with van der Waals surface area (Å²) in [6.07, 6.45) is 3.27. The zero-order chi connectivity index (χ0) is 16.2. The van der Waals surface area contributed by atoms with Gasteiger partial charge >= 0.3 is 0 Å². The van der Waals surface area contributed by atoms with Crippen LogP contribution in [-0.4, -0.2) is 46.4 Å². The van der Waals surface area contributed by atoms with Crippen LogP contribution in [0, 0.1) is 0 Å². The van der Waals surface area contributed by atoms with Gasteiger partial charge in [0.15, 0.2) is 0 Å². The van der Waals surface area contributed by atoms with E-state index in [1.165, 1.54) is 10.6 Å². The first-order valence-electron chi connectivity index (χ1n) is 7.39. The minimum absolute atomic E-state index is 0.101. The summed E-state index contributed by atoms with van der Waals surface area (Å²) in [5.41, 5.74) is 1.06. The zero-order valence-corrected chi connectivity index (χ0v) is 13.7. The molecular formula is C15H22N2O4S. The van der Waals surface area contributed by atoms with Crippen molar-refractivity contribution in [3.05, 3.63) is 29.8 Å². The first-order chi connectivity index (χ1) is 10.4. The first-order valence-corrected chi connectivity index (χ1v) is 9.24. The van der Waals surface area contributed by atoms with E-state index in [2.05, 4.69) is 5.32 Å². The van der Waals surface area contributed by atoms with Gasteiger partial charge in [-0.25, -0.2) is 8.42 Å². The van der Waals surface area contributed by atoms with Gasteiger partial charge < -0.3 is 10.1 Å². The van der Waals surface area contributed by atoms with Crippen LogP contribution in [-0.2, 0) is 14.8 Å². The molecule has 0 unspecified atom stereocenters. The number of anilines is 1. The molecule has 1 saturated heterocycles. The number of nitrogens with zero attached hydrogens (tertiary/aromatic N) is 1. The number of carbonyl (C=O) groups excluding carboxylic acids is 1. The molecule has 2 rings (SSSR count). The Morgan fingerprint density at radius 1 is 1.36 bits per heavy atom. The zero-order valence-electron chi connectivity index (χ0n) is 12.9. The number of ether oxygens (including phenoxy) is 1. The Kier molecular flexibility index (Phi) is 5.42. The van der Waals surface area contributed by atoms with Crippen molar-refractivity contribution in [3.8, 4) is 0 Å². The minimum Gasteiger partial charge on any atom is -0.376 e. The van der Waals surface area contributed by atoms with Gasteiger partial charge in [0.05, 0.1) is 18.0 Å². The van der Waals surface area contributed by atoms with Crippen molar-refractivity contribution in [3.63, 3.8) is 0 Å². The molecule has 1 aliphatic rings. The Labute approximate surface area is 131 Å². The molecule has 22 heavy (non-hydrogen) atoms. The van der Waals surface area contributed by atoms with Crippen LogP contribution in [0.1, 0.15) is 30.1 Å². The van der Waals surface area contributed by atoms with E-state index in [1.807, 2.05) is 0 Å². The van der Waals surface area contributed by atoms with Crippen LogP contribution < -0.4 is 9.62 Å². The molecule has 0 spiro atoms. The molecule has 1 N–H and O–H groups in total. The molecule has 6 nitrogen and oxygen atoms in total. The second-order valence-corrected chi connectivity index (χ2v) is 7.23. The van der Waals surface area contributed by atoms with Gasteiger partial charge in [0, 0.05) is 25.3 Å². The number of sulfonamides is 1. The standard InChI is InChI=1S/C15H22N2O4S/c1-3-17(22(2,19)20)13-8-6-12(7-9-13)15(18)16-11-14-5-4-10-21-14/h6-9,14H,3-5,10-11H2,1-2H3,(H,16,18)/t14-/m1/s1. The lowest BCUT2D eigenvalue weighted by atomic mass is 10.2. The third kappa shape index (κ3) is 4.20. The number of benzene rings is 1. The lowest BCUT2D eigenvalue weighted by Gasteiger charge is -2.20. The van der Waals surface area contributed by atoms with Crippen molar-refractivity contribution in [2.24, 2.45) is 0 Å². The molecule has 7 heteroatoms. The molecule has 1 aromatic rings. The van der Waals surface area contributed by atoms with E-state index < -0.39 is 10.0 Å². The summed E-state index contributed by atoms with van der Waals surface area (Å²) in [4.78, 5) is 12.1. The summed E-state index contributed by atoms with van der Waals surface area (Å²) >= 11 is 0. The van der Waals surface area contributed by atoms with E-state index in [1.54, 1.807) is 31.2 Å². The average molecular weight is 326 g/mol. The highest BCUT2D eigenvalue weighted by atomic mass is 32.2. The second kappa shape index (κ2) is 7.11. The van der Waals surface area contributed by atoms with Gasteiger partial charge in [-0.15, -0.1) is 0 Å². The SMILES string of the molecule is CCN(c1ccc(C(=O)NC[C@H]2CCCO2)cc1)S(C)(=O)=O. The molecule has 1 heterocycles. The van der Waals surface area contributed by atoms with Crippen molar-refractivity contribution in [2.75, 3.05) is 30.3 Å². The molecule has 0 saturated carbocycles.